The smallest absolute Gasteiger partial charge is 0.123 e. The zero-order valence-electron chi connectivity index (χ0n) is 8.44. The van der Waals surface area contributed by atoms with Crippen LogP contribution in [-0.2, 0) is 0 Å². The van der Waals surface area contributed by atoms with E-state index in [1.807, 2.05) is 25.1 Å². The van der Waals surface area contributed by atoms with Crippen LogP contribution in [0.4, 0.5) is 0 Å². The largest absolute Gasteiger partial charge is 0.508 e. The van der Waals surface area contributed by atoms with Crippen LogP contribution in [0, 0.1) is 6.92 Å². The van der Waals surface area contributed by atoms with Gasteiger partial charge in [0.15, 0.2) is 0 Å². The molecule has 0 radical (unpaired) electrons. The number of phenolic OH excluding ortho intramolecular Hbond substituents is 2. The Labute approximate surface area is 88.4 Å². The lowest BCUT2D eigenvalue weighted by molar-refractivity contribution is 0.474. The number of para-hydroxylation sites is 1. The van der Waals surface area contributed by atoms with Crippen molar-refractivity contribution in [2.75, 3.05) is 0 Å². The molecule has 2 aromatic rings. The van der Waals surface area contributed by atoms with E-state index < -0.39 is 0 Å². The first-order chi connectivity index (χ1) is 7.18. The van der Waals surface area contributed by atoms with Gasteiger partial charge in [0.1, 0.15) is 11.5 Å². The monoisotopic (exact) mass is 200 g/mol. The molecule has 0 aliphatic heterocycles. The van der Waals surface area contributed by atoms with E-state index >= 15 is 0 Å². The highest BCUT2D eigenvalue weighted by Crippen LogP contribution is 2.32. The molecule has 2 nitrogen and oxygen atoms in total. The van der Waals surface area contributed by atoms with Crippen LogP contribution in [0.25, 0.3) is 11.1 Å². The molecule has 0 amide bonds. The van der Waals surface area contributed by atoms with E-state index in [2.05, 4.69) is 0 Å². The highest BCUT2D eigenvalue weighted by molar-refractivity contribution is 5.73. The average Bonchev–Trinajstić information content (AvgIpc) is 2.23. The molecule has 2 aromatic carbocycles. The fraction of sp³-hybridized carbons (Fsp3) is 0.0769. The van der Waals surface area contributed by atoms with Crippen molar-refractivity contribution in [3.05, 3.63) is 48.0 Å². The van der Waals surface area contributed by atoms with E-state index in [0.29, 0.717) is 0 Å². The topological polar surface area (TPSA) is 40.5 Å². The third-order valence-electron chi connectivity index (χ3n) is 2.42. The Morgan fingerprint density at radius 1 is 0.867 bits per heavy atom. The Bertz CT molecular complexity index is 490. The molecule has 0 unspecified atom stereocenters. The van der Waals surface area contributed by atoms with Crippen LogP contribution in [0.15, 0.2) is 42.5 Å². The molecule has 0 saturated heterocycles. The Morgan fingerprint density at radius 3 is 2.33 bits per heavy atom. The second-order valence-corrected chi connectivity index (χ2v) is 3.52. The maximum atomic E-state index is 9.70. The zero-order chi connectivity index (χ0) is 10.8. The first-order valence-electron chi connectivity index (χ1n) is 4.76. The molecule has 15 heavy (non-hydrogen) atoms. The van der Waals surface area contributed by atoms with Crippen molar-refractivity contribution < 1.29 is 10.2 Å². The second kappa shape index (κ2) is 3.65. The van der Waals surface area contributed by atoms with Gasteiger partial charge in [0.05, 0.1) is 0 Å². The van der Waals surface area contributed by atoms with Gasteiger partial charge in [0.25, 0.3) is 0 Å². The molecule has 76 valence electrons. The van der Waals surface area contributed by atoms with Gasteiger partial charge in [0.2, 0.25) is 0 Å². The van der Waals surface area contributed by atoms with Crippen LogP contribution in [0.3, 0.4) is 0 Å². The van der Waals surface area contributed by atoms with Gasteiger partial charge in [-0.2, -0.15) is 0 Å². The van der Waals surface area contributed by atoms with Gasteiger partial charge in [-0.1, -0.05) is 24.3 Å². The van der Waals surface area contributed by atoms with Gasteiger partial charge in [-0.3, -0.25) is 0 Å². The molecule has 2 rings (SSSR count). The fourth-order valence-electron chi connectivity index (χ4n) is 1.60. The number of rotatable bonds is 1. The number of hydrogen-bond donors (Lipinski definition) is 2. The van der Waals surface area contributed by atoms with Crippen molar-refractivity contribution >= 4 is 0 Å². The lowest BCUT2D eigenvalue weighted by Crippen LogP contribution is -1.83. The predicted molar refractivity (Wildman–Crippen MR) is 59.9 cm³/mol. The molecular weight excluding hydrogens is 188 g/mol. The quantitative estimate of drug-likeness (QED) is 0.742. The van der Waals surface area contributed by atoms with Crippen molar-refractivity contribution in [3.8, 4) is 22.6 Å². The number of benzene rings is 2. The lowest BCUT2D eigenvalue weighted by atomic mass is 9.99. The Kier molecular flexibility index (Phi) is 2.34. The first kappa shape index (κ1) is 9.59. The molecule has 0 saturated carbocycles. The number of phenols is 2. The van der Waals surface area contributed by atoms with Crippen LogP contribution in [-0.4, -0.2) is 10.2 Å². The lowest BCUT2D eigenvalue weighted by Gasteiger charge is -2.08. The summed E-state index contributed by atoms with van der Waals surface area (Å²) in [7, 11) is 0. The molecule has 0 aromatic heterocycles. The van der Waals surface area contributed by atoms with E-state index in [9.17, 15) is 10.2 Å². The van der Waals surface area contributed by atoms with Crippen molar-refractivity contribution in [2.24, 2.45) is 0 Å². The van der Waals surface area contributed by atoms with Gasteiger partial charge in [0, 0.05) is 5.56 Å². The SMILES string of the molecule is Cc1ccc(O)cc1-c1ccccc1O. The number of hydrogen-bond acceptors (Lipinski definition) is 2. The standard InChI is InChI=1S/C13H12O2/c1-9-6-7-10(14)8-12(9)11-4-2-3-5-13(11)15/h2-8,14-15H,1H3. The Morgan fingerprint density at radius 2 is 1.60 bits per heavy atom. The maximum absolute atomic E-state index is 9.70. The summed E-state index contributed by atoms with van der Waals surface area (Å²) in [5.41, 5.74) is 2.62. The summed E-state index contributed by atoms with van der Waals surface area (Å²) in [6.07, 6.45) is 0. The molecule has 0 aliphatic rings. The van der Waals surface area contributed by atoms with Crippen molar-refractivity contribution in [3.63, 3.8) is 0 Å². The van der Waals surface area contributed by atoms with Crippen LogP contribution in [0.5, 0.6) is 11.5 Å². The maximum Gasteiger partial charge on any atom is 0.123 e. The summed E-state index contributed by atoms with van der Waals surface area (Å²) in [4.78, 5) is 0. The molecule has 2 N–H and O–H groups in total. The summed E-state index contributed by atoms with van der Waals surface area (Å²) in [5.74, 6) is 0.435. The van der Waals surface area contributed by atoms with Crippen molar-refractivity contribution in [2.45, 2.75) is 6.92 Å². The summed E-state index contributed by atoms with van der Waals surface area (Å²) in [6, 6.07) is 12.2. The predicted octanol–water partition coefficient (Wildman–Crippen LogP) is 3.07. The van der Waals surface area contributed by atoms with Gasteiger partial charge in [-0.05, 0) is 36.2 Å². The molecule has 0 heterocycles. The van der Waals surface area contributed by atoms with Crippen molar-refractivity contribution in [1.29, 1.82) is 0 Å². The molecular formula is C13H12O2. The molecule has 0 aliphatic carbocycles. The van der Waals surface area contributed by atoms with Crippen LogP contribution in [0.2, 0.25) is 0 Å². The molecule has 2 heteroatoms. The molecule has 0 spiro atoms. The van der Waals surface area contributed by atoms with Gasteiger partial charge >= 0.3 is 0 Å². The van der Waals surface area contributed by atoms with Crippen LogP contribution < -0.4 is 0 Å². The van der Waals surface area contributed by atoms with Crippen molar-refractivity contribution in [1.82, 2.24) is 0 Å². The highest BCUT2D eigenvalue weighted by Gasteiger charge is 2.06. The van der Waals surface area contributed by atoms with Gasteiger partial charge in [-0.25, -0.2) is 0 Å². The normalized spacial score (nSPS) is 10.2. The Hall–Kier alpha value is -1.96. The second-order valence-electron chi connectivity index (χ2n) is 3.52. The highest BCUT2D eigenvalue weighted by atomic mass is 16.3. The average molecular weight is 200 g/mol. The fourth-order valence-corrected chi connectivity index (χ4v) is 1.60. The molecule has 0 atom stereocenters. The van der Waals surface area contributed by atoms with E-state index in [0.717, 1.165) is 16.7 Å². The summed E-state index contributed by atoms with van der Waals surface area (Å²) >= 11 is 0. The molecule has 0 bridgehead atoms. The van der Waals surface area contributed by atoms with Gasteiger partial charge in [-0.15, -0.1) is 0 Å². The number of aromatic hydroxyl groups is 2. The van der Waals surface area contributed by atoms with E-state index in [1.165, 1.54) is 0 Å². The summed E-state index contributed by atoms with van der Waals surface area (Å²) in [6.45, 7) is 1.95. The van der Waals surface area contributed by atoms with Crippen LogP contribution >= 0.6 is 0 Å². The first-order valence-corrected chi connectivity index (χ1v) is 4.76. The number of aryl methyl sites for hydroxylation is 1. The van der Waals surface area contributed by atoms with E-state index in [-0.39, 0.29) is 11.5 Å². The third kappa shape index (κ3) is 1.79. The van der Waals surface area contributed by atoms with E-state index in [1.54, 1.807) is 24.3 Å². The minimum Gasteiger partial charge on any atom is -0.508 e. The zero-order valence-corrected chi connectivity index (χ0v) is 8.44. The van der Waals surface area contributed by atoms with E-state index in [4.69, 9.17) is 0 Å². The van der Waals surface area contributed by atoms with Gasteiger partial charge < -0.3 is 10.2 Å². The molecule has 0 fully saturated rings. The minimum absolute atomic E-state index is 0.207. The Balaban J connectivity index is 2.64. The summed E-state index contributed by atoms with van der Waals surface area (Å²) < 4.78 is 0. The van der Waals surface area contributed by atoms with Crippen LogP contribution in [0.1, 0.15) is 5.56 Å². The summed E-state index contributed by atoms with van der Waals surface area (Å²) in [5, 5.41) is 19.1. The minimum atomic E-state index is 0.207. The third-order valence-corrected chi connectivity index (χ3v) is 2.42.